The Morgan fingerprint density at radius 3 is 2.67 bits per heavy atom. The highest BCUT2D eigenvalue weighted by atomic mass is 14.8. The lowest BCUT2D eigenvalue weighted by molar-refractivity contribution is 0.734. The zero-order valence-corrected chi connectivity index (χ0v) is 11.5. The van der Waals surface area contributed by atoms with Crippen LogP contribution >= 0.6 is 0 Å². The Balaban J connectivity index is 2.50. The fraction of sp³-hybridized carbons (Fsp3) is 0.438. The second-order valence-electron chi connectivity index (χ2n) is 5.04. The fourth-order valence-electron chi connectivity index (χ4n) is 2.27. The van der Waals surface area contributed by atoms with Crippen LogP contribution in [0.4, 0.5) is 5.82 Å². The van der Waals surface area contributed by atoms with E-state index >= 15 is 0 Å². The first kappa shape index (κ1) is 12.9. The van der Waals surface area contributed by atoms with Crippen molar-refractivity contribution in [2.45, 2.75) is 46.0 Å². The van der Waals surface area contributed by atoms with Crippen molar-refractivity contribution in [1.82, 2.24) is 4.98 Å². The van der Waals surface area contributed by atoms with Gasteiger partial charge in [-0.05, 0) is 48.1 Å². The molecular weight excluding hydrogens is 220 g/mol. The molecule has 0 saturated heterocycles. The molecule has 2 nitrogen and oxygen atoms in total. The maximum Gasteiger partial charge on any atom is 0.127 e. The Hall–Kier alpha value is -1.57. The quantitative estimate of drug-likeness (QED) is 0.869. The minimum absolute atomic E-state index is 0.599. The third-order valence-electron chi connectivity index (χ3n) is 3.65. The first-order valence-electron chi connectivity index (χ1n) is 6.84. The van der Waals surface area contributed by atoms with Crippen LogP contribution in [-0.2, 0) is 6.42 Å². The second-order valence-corrected chi connectivity index (χ2v) is 5.04. The summed E-state index contributed by atoms with van der Waals surface area (Å²) in [5.74, 6) is 1.28. The van der Waals surface area contributed by atoms with Crippen molar-refractivity contribution in [2.24, 2.45) is 0 Å². The van der Waals surface area contributed by atoms with Gasteiger partial charge in [-0.2, -0.15) is 0 Å². The first-order valence-corrected chi connectivity index (χ1v) is 6.84. The first-order chi connectivity index (χ1) is 8.65. The summed E-state index contributed by atoms with van der Waals surface area (Å²) >= 11 is 0. The number of nitrogen functional groups attached to an aromatic ring is 1. The number of pyridine rings is 1. The number of nitrogens with two attached hydrogens (primary N) is 1. The van der Waals surface area contributed by atoms with E-state index in [-0.39, 0.29) is 0 Å². The van der Waals surface area contributed by atoms with Gasteiger partial charge in [-0.15, -0.1) is 0 Å². The summed E-state index contributed by atoms with van der Waals surface area (Å²) in [6, 6.07) is 8.72. The standard InChI is InChI=1S/C16H22N2/c1-4-6-13-10-14-9-12(11(3)5-2)7-8-15(14)18-16(13)17/h7-11H,4-6H2,1-3H3,(H2,17,18). The van der Waals surface area contributed by atoms with Gasteiger partial charge >= 0.3 is 0 Å². The van der Waals surface area contributed by atoms with E-state index in [0.717, 1.165) is 24.8 Å². The van der Waals surface area contributed by atoms with Crippen molar-refractivity contribution in [3.63, 3.8) is 0 Å². The molecule has 2 N–H and O–H groups in total. The largest absolute Gasteiger partial charge is 0.383 e. The van der Waals surface area contributed by atoms with Gasteiger partial charge in [0, 0.05) is 5.39 Å². The van der Waals surface area contributed by atoms with Gasteiger partial charge in [0.15, 0.2) is 0 Å². The molecule has 1 atom stereocenters. The predicted molar refractivity (Wildman–Crippen MR) is 78.9 cm³/mol. The summed E-state index contributed by atoms with van der Waals surface area (Å²) in [7, 11) is 0. The number of hydrogen-bond acceptors (Lipinski definition) is 2. The Kier molecular flexibility index (Phi) is 3.85. The van der Waals surface area contributed by atoms with Gasteiger partial charge in [0.1, 0.15) is 5.82 Å². The summed E-state index contributed by atoms with van der Waals surface area (Å²) < 4.78 is 0. The molecule has 2 rings (SSSR count). The highest BCUT2D eigenvalue weighted by Crippen LogP contribution is 2.25. The number of aryl methyl sites for hydroxylation is 1. The highest BCUT2D eigenvalue weighted by Gasteiger charge is 2.07. The van der Waals surface area contributed by atoms with E-state index in [2.05, 4.69) is 50.0 Å². The van der Waals surface area contributed by atoms with Crippen molar-refractivity contribution in [3.05, 3.63) is 35.4 Å². The third-order valence-corrected chi connectivity index (χ3v) is 3.65. The van der Waals surface area contributed by atoms with Gasteiger partial charge < -0.3 is 5.73 Å². The summed E-state index contributed by atoms with van der Waals surface area (Å²) in [5, 5.41) is 1.21. The molecule has 0 amide bonds. The molecule has 0 radical (unpaired) electrons. The van der Waals surface area contributed by atoms with Crippen molar-refractivity contribution in [3.8, 4) is 0 Å². The van der Waals surface area contributed by atoms with Crippen molar-refractivity contribution in [2.75, 3.05) is 5.73 Å². The smallest absolute Gasteiger partial charge is 0.127 e. The number of rotatable bonds is 4. The predicted octanol–water partition coefficient (Wildman–Crippen LogP) is 4.28. The average Bonchev–Trinajstić information content (AvgIpc) is 2.38. The van der Waals surface area contributed by atoms with Crippen LogP contribution in [0.3, 0.4) is 0 Å². The highest BCUT2D eigenvalue weighted by molar-refractivity contribution is 5.82. The maximum absolute atomic E-state index is 5.99. The van der Waals surface area contributed by atoms with Gasteiger partial charge in [-0.1, -0.05) is 33.3 Å². The fourth-order valence-corrected chi connectivity index (χ4v) is 2.27. The Labute approximate surface area is 109 Å². The lowest BCUT2D eigenvalue weighted by atomic mass is 9.96. The number of fused-ring (bicyclic) bond motifs is 1. The van der Waals surface area contributed by atoms with Gasteiger partial charge in [-0.3, -0.25) is 0 Å². The second kappa shape index (κ2) is 5.38. The molecule has 1 heterocycles. The molecule has 0 aliphatic rings. The monoisotopic (exact) mass is 242 g/mol. The lowest BCUT2D eigenvalue weighted by Gasteiger charge is -2.11. The van der Waals surface area contributed by atoms with Crippen molar-refractivity contribution >= 4 is 16.7 Å². The molecule has 0 spiro atoms. The molecule has 2 heteroatoms. The summed E-state index contributed by atoms with van der Waals surface area (Å²) in [5.41, 5.74) is 9.55. The van der Waals surface area contributed by atoms with Crippen LogP contribution in [0.2, 0.25) is 0 Å². The van der Waals surface area contributed by atoms with Crippen molar-refractivity contribution in [1.29, 1.82) is 0 Å². The van der Waals surface area contributed by atoms with E-state index < -0.39 is 0 Å². The number of anilines is 1. The normalized spacial score (nSPS) is 12.8. The molecular formula is C16H22N2. The van der Waals surface area contributed by atoms with Crippen molar-refractivity contribution < 1.29 is 0 Å². The zero-order valence-electron chi connectivity index (χ0n) is 11.5. The van der Waals surface area contributed by atoms with E-state index in [9.17, 15) is 0 Å². The summed E-state index contributed by atoms with van der Waals surface area (Å²) in [6.45, 7) is 6.65. The van der Waals surface area contributed by atoms with E-state index in [1.54, 1.807) is 0 Å². The number of aromatic nitrogens is 1. The molecule has 96 valence electrons. The minimum Gasteiger partial charge on any atom is -0.383 e. The molecule has 18 heavy (non-hydrogen) atoms. The molecule has 0 aliphatic carbocycles. The van der Waals surface area contributed by atoms with Crippen LogP contribution < -0.4 is 5.73 Å². The van der Waals surface area contributed by atoms with Gasteiger partial charge in [-0.25, -0.2) is 4.98 Å². The molecule has 1 unspecified atom stereocenters. The summed E-state index contributed by atoms with van der Waals surface area (Å²) in [4.78, 5) is 4.50. The SMILES string of the molecule is CCCc1cc2cc(C(C)CC)ccc2nc1N. The average molecular weight is 242 g/mol. The number of nitrogens with zero attached hydrogens (tertiary/aromatic N) is 1. The Morgan fingerprint density at radius 1 is 1.22 bits per heavy atom. The van der Waals surface area contributed by atoms with Crippen LogP contribution in [0.25, 0.3) is 10.9 Å². The number of hydrogen-bond donors (Lipinski definition) is 1. The minimum atomic E-state index is 0.599. The van der Waals surface area contributed by atoms with Crippen LogP contribution in [0.15, 0.2) is 24.3 Å². The molecule has 2 aromatic rings. The van der Waals surface area contributed by atoms with Gasteiger partial charge in [0.2, 0.25) is 0 Å². The third kappa shape index (κ3) is 2.47. The van der Waals surface area contributed by atoms with Gasteiger partial charge in [0.25, 0.3) is 0 Å². The topological polar surface area (TPSA) is 38.9 Å². The molecule has 1 aromatic carbocycles. The zero-order chi connectivity index (χ0) is 13.1. The molecule has 1 aromatic heterocycles. The maximum atomic E-state index is 5.99. The van der Waals surface area contributed by atoms with Crippen LogP contribution in [0.5, 0.6) is 0 Å². The molecule has 0 fully saturated rings. The van der Waals surface area contributed by atoms with Crippen LogP contribution in [-0.4, -0.2) is 4.98 Å². The van der Waals surface area contributed by atoms with E-state index in [4.69, 9.17) is 5.73 Å². The summed E-state index contributed by atoms with van der Waals surface area (Å²) in [6.07, 6.45) is 3.26. The lowest BCUT2D eigenvalue weighted by Crippen LogP contribution is -1.99. The van der Waals surface area contributed by atoms with Gasteiger partial charge in [0.05, 0.1) is 5.52 Å². The van der Waals surface area contributed by atoms with Crippen LogP contribution in [0, 0.1) is 0 Å². The Bertz CT molecular complexity index is 546. The van der Waals surface area contributed by atoms with Crippen LogP contribution in [0.1, 0.15) is 50.7 Å². The van der Waals surface area contributed by atoms with E-state index in [0.29, 0.717) is 11.7 Å². The Morgan fingerprint density at radius 2 is 2.00 bits per heavy atom. The number of benzene rings is 1. The molecule has 0 aliphatic heterocycles. The van der Waals surface area contributed by atoms with E-state index in [1.807, 2.05) is 0 Å². The van der Waals surface area contributed by atoms with E-state index in [1.165, 1.54) is 16.5 Å². The molecule has 0 saturated carbocycles. The molecule has 0 bridgehead atoms.